The molecule has 0 saturated carbocycles. The zero-order chi connectivity index (χ0) is 22.1. The normalized spacial score (nSPS) is 13.2. The Hall–Kier alpha value is -3.79. The number of aromatic nitrogens is 4. The molecular formula is C22H19N5O4S. The molecule has 2 aromatic carbocycles. The molecule has 1 aliphatic heterocycles. The molecule has 1 amide bonds. The Kier molecular flexibility index (Phi) is 5.28. The number of ether oxygens (including phenoxy) is 2. The maximum atomic E-state index is 12.7. The number of carbonyl (C=O) groups is 1. The van der Waals surface area contributed by atoms with E-state index in [9.17, 15) is 4.79 Å². The Bertz CT molecular complexity index is 1270. The molecule has 32 heavy (non-hydrogen) atoms. The SMILES string of the molecule is Cc1cc(NC(=O)[C@@H](C)Sc2nnc(-c3ccc4c(c3)OCO4)n2-c2ccccc2)no1. The molecule has 1 atom stereocenters. The van der Waals surface area contributed by atoms with Crippen molar-refractivity contribution in [1.82, 2.24) is 19.9 Å². The zero-order valence-corrected chi connectivity index (χ0v) is 18.1. The van der Waals surface area contributed by atoms with Gasteiger partial charge in [-0.25, -0.2) is 0 Å². The highest BCUT2D eigenvalue weighted by atomic mass is 32.2. The Morgan fingerprint density at radius 3 is 2.69 bits per heavy atom. The first kappa shape index (κ1) is 20.1. The zero-order valence-electron chi connectivity index (χ0n) is 17.3. The van der Waals surface area contributed by atoms with Gasteiger partial charge in [0.25, 0.3) is 0 Å². The lowest BCUT2D eigenvalue weighted by molar-refractivity contribution is -0.115. The van der Waals surface area contributed by atoms with Crippen LogP contribution in [0.4, 0.5) is 5.82 Å². The minimum atomic E-state index is -0.455. The summed E-state index contributed by atoms with van der Waals surface area (Å²) in [4.78, 5) is 12.7. The number of aryl methyl sites for hydroxylation is 1. The second-order valence-corrected chi connectivity index (χ2v) is 8.43. The monoisotopic (exact) mass is 449 g/mol. The molecule has 3 heterocycles. The molecule has 0 saturated heterocycles. The largest absolute Gasteiger partial charge is 0.454 e. The summed E-state index contributed by atoms with van der Waals surface area (Å²) in [6.45, 7) is 3.76. The summed E-state index contributed by atoms with van der Waals surface area (Å²) in [5.74, 6) is 2.79. The number of fused-ring (bicyclic) bond motifs is 1. The third-order valence-corrected chi connectivity index (χ3v) is 5.85. The number of thioether (sulfide) groups is 1. The Labute approximate surface area is 187 Å². The Balaban J connectivity index is 1.46. The van der Waals surface area contributed by atoms with Crippen molar-refractivity contribution in [2.24, 2.45) is 0 Å². The van der Waals surface area contributed by atoms with Gasteiger partial charge in [0, 0.05) is 17.3 Å². The standard InChI is InChI=1S/C22H19N5O4S/c1-13-10-19(26-31-13)23-21(28)14(2)32-22-25-24-20(27(22)16-6-4-3-5-7-16)15-8-9-17-18(11-15)30-12-29-17/h3-11,14H,12H2,1-2H3,(H,23,26,28)/t14-/m1/s1. The second-order valence-electron chi connectivity index (χ2n) is 7.12. The fourth-order valence-corrected chi connectivity index (χ4v) is 4.11. The molecule has 2 aromatic heterocycles. The van der Waals surface area contributed by atoms with E-state index in [1.54, 1.807) is 19.9 Å². The number of nitrogens with one attached hydrogen (secondary N) is 1. The molecule has 1 aliphatic rings. The van der Waals surface area contributed by atoms with E-state index in [-0.39, 0.29) is 12.7 Å². The highest BCUT2D eigenvalue weighted by molar-refractivity contribution is 8.00. The average Bonchev–Trinajstić information content (AvgIpc) is 3.53. The van der Waals surface area contributed by atoms with Crippen LogP contribution in [0.3, 0.4) is 0 Å². The van der Waals surface area contributed by atoms with Gasteiger partial charge >= 0.3 is 0 Å². The van der Waals surface area contributed by atoms with Gasteiger partial charge in [-0.2, -0.15) is 0 Å². The van der Waals surface area contributed by atoms with Gasteiger partial charge in [-0.3, -0.25) is 9.36 Å². The van der Waals surface area contributed by atoms with Gasteiger partial charge in [-0.1, -0.05) is 35.1 Å². The second kappa shape index (κ2) is 8.39. The number of para-hydroxylation sites is 1. The molecule has 0 unspecified atom stereocenters. The first-order chi connectivity index (χ1) is 15.6. The van der Waals surface area contributed by atoms with Crippen molar-refractivity contribution in [1.29, 1.82) is 0 Å². The van der Waals surface area contributed by atoms with Crippen molar-refractivity contribution < 1.29 is 18.8 Å². The summed E-state index contributed by atoms with van der Waals surface area (Å²) in [7, 11) is 0. The maximum absolute atomic E-state index is 12.7. The summed E-state index contributed by atoms with van der Waals surface area (Å²) in [5, 5.41) is 15.5. The average molecular weight is 449 g/mol. The molecule has 162 valence electrons. The van der Waals surface area contributed by atoms with Crippen LogP contribution in [0.15, 0.2) is 64.3 Å². The summed E-state index contributed by atoms with van der Waals surface area (Å²) in [6, 6.07) is 17.1. The molecular weight excluding hydrogens is 430 g/mol. The van der Waals surface area contributed by atoms with E-state index in [4.69, 9.17) is 14.0 Å². The van der Waals surface area contributed by atoms with Crippen LogP contribution in [-0.2, 0) is 4.79 Å². The van der Waals surface area contributed by atoms with E-state index in [0.29, 0.717) is 34.1 Å². The third kappa shape index (κ3) is 3.92. The number of rotatable bonds is 6. The van der Waals surface area contributed by atoms with Crippen LogP contribution in [0, 0.1) is 6.92 Å². The smallest absolute Gasteiger partial charge is 0.238 e. The first-order valence-corrected chi connectivity index (χ1v) is 10.8. The van der Waals surface area contributed by atoms with E-state index in [2.05, 4.69) is 20.7 Å². The molecule has 0 spiro atoms. The fraction of sp³-hybridized carbons (Fsp3) is 0.182. The van der Waals surface area contributed by atoms with Crippen molar-refractivity contribution in [3.63, 3.8) is 0 Å². The highest BCUT2D eigenvalue weighted by Gasteiger charge is 2.24. The van der Waals surface area contributed by atoms with Crippen molar-refractivity contribution in [3.05, 3.63) is 60.4 Å². The van der Waals surface area contributed by atoms with Gasteiger partial charge < -0.3 is 19.3 Å². The van der Waals surface area contributed by atoms with E-state index in [1.165, 1.54) is 11.8 Å². The van der Waals surface area contributed by atoms with Gasteiger partial charge in [0.1, 0.15) is 5.76 Å². The summed E-state index contributed by atoms with van der Waals surface area (Å²) in [5.41, 5.74) is 1.71. The highest BCUT2D eigenvalue weighted by Crippen LogP contribution is 2.37. The lowest BCUT2D eigenvalue weighted by atomic mass is 10.2. The summed E-state index contributed by atoms with van der Waals surface area (Å²) >= 11 is 1.30. The molecule has 4 aromatic rings. The maximum Gasteiger partial charge on any atom is 0.238 e. The third-order valence-electron chi connectivity index (χ3n) is 4.81. The number of carbonyl (C=O) groups excluding carboxylic acids is 1. The molecule has 0 aliphatic carbocycles. The Morgan fingerprint density at radius 1 is 1.09 bits per heavy atom. The van der Waals surface area contributed by atoms with Crippen LogP contribution in [-0.4, -0.2) is 37.9 Å². The van der Waals surface area contributed by atoms with E-state index < -0.39 is 5.25 Å². The quantitative estimate of drug-likeness (QED) is 0.439. The van der Waals surface area contributed by atoms with Gasteiger partial charge in [0.05, 0.1) is 5.25 Å². The molecule has 1 N–H and O–H groups in total. The van der Waals surface area contributed by atoms with Crippen LogP contribution >= 0.6 is 11.8 Å². The van der Waals surface area contributed by atoms with Crippen LogP contribution in [0.5, 0.6) is 11.5 Å². The number of amides is 1. The number of nitrogens with zero attached hydrogens (tertiary/aromatic N) is 4. The van der Waals surface area contributed by atoms with Crippen molar-refractivity contribution in [3.8, 4) is 28.6 Å². The van der Waals surface area contributed by atoms with Gasteiger partial charge in [0.15, 0.2) is 28.3 Å². The van der Waals surface area contributed by atoms with Crippen molar-refractivity contribution >= 4 is 23.5 Å². The summed E-state index contributed by atoms with van der Waals surface area (Å²) < 4.78 is 17.9. The van der Waals surface area contributed by atoms with Gasteiger partial charge in [0.2, 0.25) is 12.7 Å². The van der Waals surface area contributed by atoms with Crippen LogP contribution in [0.2, 0.25) is 0 Å². The Morgan fingerprint density at radius 2 is 1.91 bits per heavy atom. The predicted molar refractivity (Wildman–Crippen MR) is 118 cm³/mol. The van der Waals surface area contributed by atoms with E-state index >= 15 is 0 Å². The van der Waals surface area contributed by atoms with Crippen LogP contribution < -0.4 is 14.8 Å². The lowest BCUT2D eigenvalue weighted by Gasteiger charge is -2.13. The van der Waals surface area contributed by atoms with Gasteiger partial charge in [-0.05, 0) is 44.2 Å². The summed E-state index contributed by atoms with van der Waals surface area (Å²) in [6.07, 6.45) is 0. The van der Waals surface area contributed by atoms with Crippen molar-refractivity contribution in [2.45, 2.75) is 24.3 Å². The lowest BCUT2D eigenvalue weighted by Crippen LogP contribution is -2.23. The topological polar surface area (TPSA) is 104 Å². The van der Waals surface area contributed by atoms with Crippen LogP contribution in [0.1, 0.15) is 12.7 Å². The van der Waals surface area contributed by atoms with Crippen LogP contribution in [0.25, 0.3) is 17.1 Å². The molecule has 0 bridgehead atoms. The molecule has 0 radical (unpaired) electrons. The number of hydrogen-bond acceptors (Lipinski definition) is 8. The van der Waals surface area contributed by atoms with E-state index in [0.717, 1.165) is 11.3 Å². The number of hydrogen-bond donors (Lipinski definition) is 1. The molecule has 9 nitrogen and oxygen atoms in total. The first-order valence-electron chi connectivity index (χ1n) is 9.90. The fourth-order valence-electron chi connectivity index (χ4n) is 3.24. The minimum absolute atomic E-state index is 0.197. The predicted octanol–water partition coefficient (Wildman–Crippen LogP) is 4.08. The van der Waals surface area contributed by atoms with Crippen molar-refractivity contribution in [2.75, 3.05) is 12.1 Å². The van der Waals surface area contributed by atoms with E-state index in [1.807, 2.05) is 53.1 Å². The number of benzene rings is 2. The minimum Gasteiger partial charge on any atom is -0.454 e. The van der Waals surface area contributed by atoms with Gasteiger partial charge in [-0.15, -0.1) is 10.2 Å². The molecule has 0 fully saturated rings. The molecule has 10 heteroatoms. The molecule has 5 rings (SSSR count). The number of anilines is 1.